The van der Waals surface area contributed by atoms with E-state index in [9.17, 15) is 10.2 Å². The third-order valence-corrected chi connectivity index (χ3v) is 5.86. The maximum atomic E-state index is 10.4. The Labute approximate surface area is 151 Å². The van der Waals surface area contributed by atoms with Gasteiger partial charge in [-0.2, -0.15) is 0 Å². The summed E-state index contributed by atoms with van der Waals surface area (Å²) in [5.74, 6) is 0.848. The Balaban J connectivity index is 1.84. The summed E-state index contributed by atoms with van der Waals surface area (Å²) in [6.45, 7) is 3.60. The molecule has 130 valence electrons. The molecule has 2 N–H and O–H groups in total. The summed E-state index contributed by atoms with van der Waals surface area (Å²) in [7, 11) is 0.315. The Kier molecular flexibility index (Phi) is 5.42. The molecule has 0 spiro atoms. The summed E-state index contributed by atoms with van der Waals surface area (Å²) in [6, 6.07) is 13.8. The quantitative estimate of drug-likeness (QED) is 0.801. The van der Waals surface area contributed by atoms with Gasteiger partial charge in [0.1, 0.15) is 5.75 Å². The molecule has 0 saturated carbocycles. The highest BCUT2D eigenvalue weighted by Crippen LogP contribution is 2.27. The second-order valence-corrected chi connectivity index (χ2v) is 8.42. The maximum Gasteiger partial charge on any atom is 0.123 e. The van der Waals surface area contributed by atoms with Gasteiger partial charge in [-0.3, -0.25) is 0 Å². The van der Waals surface area contributed by atoms with Gasteiger partial charge in [0.25, 0.3) is 0 Å². The molecular weight excluding hydrogens is 327 g/mol. The molecule has 2 unspecified atom stereocenters. The Morgan fingerprint density at radius 1 is 1.08 bits per heavy atom. The number of phenols is 1. The Bertz CT molecular complexity index is 800. The summed E-state index contributed by atoms with van der Waals surface area (Å²) in [4.78, 5) is 0. The average Bonchev–Trinajstić information content (AvgIpc) is 2.58. The Hall–Kier alpha value is -1.89. The number of allylic oxidation sites excluding steroid dienone is 4. The van der Waals surface area contributed by atoms with E-state index in [1.807, 2.05) is 30.3 Å². The predicted molar refractivity (Wildman–Crippen MR) is 107 cm³/mol. The zero-order valence-electron chi connectivity index (χ0n) is 14.7. The number of aromatic hydroxyl groups is 1. The fourth-order valence-corrected chi connectivity index (χ4v) is 4.63. The summed E-state index contributed by atoms with van der Waals surface area (Å²) < 4.78 is 0. The monoisotopic (exact) mass is 352 g/mol. The van der Waals surface area contributed by atoms with Crippen LogP contribution in [0.15, 0.2) is 66.8 Å². The predicted octanol–water partition coefficient (Wildman–Crippen LogP) is 3.92. The number of hydrogen-bond acceptors (Lipinski definition) is 2. The highest BCUT2D eigenvalue weighted by molar-refractivity contribution is 7.55. The second-order valence-electron chi connectivity index (χ2n) is 7.09. The minimum Gasteiger partial charge on any atom is -0.507 e. The smallest absolute Gasteiger partial charge is 0.123 e. The zero-order valence-corrected chi connectivity index (χ0v) is 15.7. The molecule has 3 rings (SSSR count). The Morgan fingerprint density at radius 2 is 1.88 bits per heavy atom. The Morgan fingerprint density at radius 3 is 2.60 bits per heavy atom. The van der Waals surface area contributed by atoms with Crippen LogP contribution in [0.4, 0.5) is 0 Å². The molecule has 3 heteroatoms. The third-order valence-electron chi connectivity index (χ3n) is 4.48. The summed E-state index contributed by atoms with van der Waals surface area (Å²) in [6.07, 6.45) is 10.7. The number of benzene rings is 2. The molecular formula is C22H25O2P. The van der Waals surface area contributed by atoms with Crippen LogP contribution in [0.25, 0.3) is 0 Å². The van der Waals surface area contributed by atoms with Crippen molar-refractivity contribution in [2.45, 2.75) is 32.3 Å². The topological polar surface area (TPSA) is 40.5 Å². The number of hydrogen-bond donors (Lipinski definition) is 2. The van der Waals surface area contributed by atoms with Gasteiger partial charge >= 0.3 is 0 Å². The first-order valence-corrected chi connectivity index (χ1v) is 9.67. The van der Waals surface area contributed by atoms with Crippen molar-refractivity contribution >= 4 is 19.2 Å². The van der Waals surface area contributed by atoms with Gasteiger partial charge < -0.3 is 10.2 Å². The van der Waals surface area contributed by atoms with E-state index in [0.717, 1.165) is 29.0 Å². The van der Waals surface area contributed by atoms with E-state index >= 15 is 0 Å². The molecule has 0 fully saturated rings. The molecule has 1 aliphatic rings. The van der Waals surface area contributed by atoms with Crippen molar-refractivity contribution in [2.24, 2.45) is 5.92 Å². The summed E-state index contributed by atoms with van der Waals surface area (Å²) in [5.41, 5.74) is 1.26. The van der Waals surface area contributed by atoms with Crippen LogP contribution in [0.3, 0.4) is 0 Å². The van der Waals surface area contributed by atoms with E-state index in [4.69, 9.17) is 0 Å². The third kappa shape index (κ3) is 4.60. The standard InChI is InChI=1S/C22H25O2P/c1-22(2,24)18-10-6-7-11-20(18)25-21-15-17(12-13-19(21)23)14-16-8-4-3-5-9-16/h3-8,10-13,15-16,23-25H,9,14H2,1-2H3. The normalized spacial score (nSPS) is 17.5. The SMILES string of the molecule is CC(C)(O)c1ccccc1Pc1cc(CC2C=CC=CC2)ccc1O. The molecule has 25 heavy (non-hydrogen) atoms. The molecule has 2 atom stereocenters. The van der Waals surface area contributed by atoms with Crippen LogP contribution in [0.5, 0.6) is 5.75 Å². The van der Waals surface area contributed by atoms with Crippen LogP contribution < -0.4 is 10.6 Å². The second kappa shape index (κ2) is 7.56. The molecule has 0 saturated heterocycles. The van der Waals surface area contributed by atoms with Crippen molar-refractivity contribution in [3.63, 3.8) is 0 Å². The van der Waals surface area contributed by atoms with Gasteiger partial charge in [-0.1, -0.05) is 63.2 Å². The van der Waals surface area contributed by atoms with Crippen LogP contribution in [0, 0.1) is 5.92 Å². The number of rotatable bonds is 5. The van der Waals surface area contributed by atoms with Crippen molar-refractivity contribution < 1.29 is 10.2 Å². The lowest BCUT2D eigenvalue weighted by Gasteiger charge is -2.22. The fourth-order valence-electron chi connectivity index (χ4n) is 3.17. The van der Waals surface area contributed by atoms with Crippen molar-refractivity contribution in [3.05, 3.63) is 77.9 Å². The highest BCUT2D eigenvalue weighted by atomic mass is 31.1. The van der Waals surface area contributed by atoms with Gasteiger partial charge in [0.15, 0.2) is 0 Å². The van der Waals surface area contributed by atoms with E-state index in [2.05, 4.69) is 30.4 Å². The van der Waals surface area contributed by atoms with Crippen molar-refractivity contribution in [2.75, 3.05) is 0 Å². The number of aliphatic hydroxyl groups is 1. The molecule has 0 radical (unpaired) electrons. The minimum atomic E-state index is -0.893. The van der Waals surface area contributed by atoms with Gasteiger partial charge in [-0.25, -0.2) is 0 Å². The molecule has 0 heterocycles. The van der Waals surface area contributed by atoms with E-state index in [-0.39, 0.29) is 0 Å². The van der Waals surface area contributed by atoms with Gasteiger partial charge in [-0.15, -0.1) is 0 Å². The zero-order chi connectivity index (χ0) is 17.9. The minimum absolute atomic E-state index is 0.315. The van der Waals surface area contributed by atoms with Gasteiger partial charge in [0.05, 0.1) is 5.60 Å². The van der Waals surface area contributed by atoms with Crippen molar-refractivity contribution in [3.8, 4) is 5.75 Å². The summed E-state index contributed by atoms with van der Waals surface area (Å²) in [5, 5.41) is 22.7. The molecule has 2 aromatic carbocycles. The molecule has 0 amide bonds. The first kappa shape index (κ1) is 17.9. The van der Waals surface area contributed by atoms with E-state index in [1.54, 1.807) is 19.9 Å². The largest absolute Gasteiger partial charge is 0.507 e. The first-order chi connectivity index (χ1) is 11.9. The van der Waals surface area contributed by atoms with Crippen LogP contribution in [-0.2, 0) is 12.0 Å². The average molecular weight is 352 g/mol. The van der Waals surface area contributed by atoms with E-state index in [0.29, 0.717) is 20.2 Å². The van der Waals surface area contributed by atoms with Crippen molar-refractivity contribution in [1.82, 2.24) is 0 Å². The molecule has 1 aliphatic carbocycles. The first-order valence-electron chi connectivity index (χ1n) is 8.67. The van der Waals surface area contributed by atoms with Crippen molar-refractivity contribution in [1.29, 1.82) is 0 Å². The van der Waals surface area contributed by atoms with Gasteiger partial charge in [0, 0.05) is 5.30 Å². The molecule has 0 bridgehead atoms. The molecule has 0 aliphatic heterocycles. The van der Waals surface area contributed by atoms with Crippen LogP contribution in [-0.4, -0.2) is 10.2 Å². The van der Waals surface area contributed by atoms with Crippen LogP contribution >= 0.6 is 8.58 Å². The fraction of sp³-hybridized carbons (Fsp3) is 0.273. The number of phenolic OH excluding ortho intramolecular Hbond substituents is 1. The van der Waals surface area contributed by atoms with Gasteiger partial charge in [-0.05, 0) is 61.2 Å². The highest BCUT2D eigenvalue weighted by Gasteiger charge is 2.20. The molecule has 0 aromatic heterocycles. The molecule has 2 nitrogen and oxygen atoms in total. The lowest BCUT2D eigenvalue weighted by molar-refractivity contribution is 0.0797. The lowest BCUT2D eigenvalue weighted by Crippen LogP contribution is -2.24. The van der Waals surface area contributed by atoms with Gasteiger partial charge in [0.2, 0.25) is 0 Å². The maximum absolute atomic E-state index is 10.4. The van der Waals surface area contributed by atoms with Crippen LogP contribution in [0.2, 0.25) is 0 Å². The molecule has 2 aromatic rings. The van der Waals surface area contributed by atoms with E-state index < -0.39 is 5.60 Å². The van der Waals surface area contributed by atoms with E-state index in [1.165, 1.54) is 5.56 Å². The van der Waals surface area contributed by atoms with Crippen LogP contribution in [0.1, 0.15) is 31.4 Å². The summed E-state index contributed by atoms with van der Waals surface area (Å²) >= 11 is 0. The lowest BCUT2D eigenvalue weighted by atomic mass is 9.93.